The highest BCUT2D eigenvalue weighted by atomic mass is 32.1. The fraction of sp³-hybridized carbons (Fsp3) is 0.500. The molecular weight excluding hydrogens is 266 g/mol. The van der Waals surface area contributed by atoms with Crippen molar-refractivity contribution in [2.24, 2.45) is 0 Å². The first-order valence-electron chi connectivity index (χ1n) is 7.34. The van der Waals surface area contributed by atoms with Gasteiger partial charge in [0.05, 0.1) is 5.69 Å². The molecule has 0 radical (unpaired) electrons. The summed E-state index contributed by atoms with van der Waals surface area (Å²) in [6.07, 6.45) is 5.72. The van der Waals surface area contributed by atoms with E-state index in [-0.39, 0.29) is 0 Å². The molecule has 0 N–H and O–H groups in total. The summed E-state index contributed by atoms with van der Waals surface area (Å²) >= 11 is 1.92. The van der Waals surface area contributed by atoms with Gasteiger partial charge in [-0.1, -0.05) is 0 Å². The van der Waals surface area contributed by atoms with Gasteiger partial charge in [-0.15, -0.1) is 11.3 Å². The smallest absolute Gasteiger partial charge is 0.125 e. The number of fused-ring (bicyclic) bond motifs is 4. The Bertz CT molecular complexity index is 649. The lowest BCUT2D eigenvalue weighted by atomic mass is 9.99. The van der Waals surface area contributed by atoms with Gasteiger partial charge in [0.15, 0.2) is 0 Å². The lowest BCUT2D eigenvalue weighted by Crippen LogP contribution is -2.37. The number of hydrogen-bond donors (Lipinski definition) is 0. The van der Waals surface area contributed by atoms with Crippen LogP contribution in [0.3, 0.4) is 0 Å². The topological polar surface area (TPSA) is 29.0 Å². The molecule has 2 atom stereocenters. The van der Waals surface area contributed by atoms with Crippen molar-refractivity contribution in [1.29, 1.82) is 0 Å². The molecule has 4 heteroatoms. The van der Waals surface area contributed by atoms with Crippen LogP contribution in [0, 0.1) is 13.8 Å². The number of thiophene rings is 1. The molecule has 2 bridgehead atoms. The van der Waals surface area contributed by atoms with Crippen LogP contribution in [0.1, 0.15) is 45.7 Å². The molecule has 0 aromatic carbocycles. The average molecular weight is 285 g/mol. The summed E-state index contributed by atoms with van der Waals surface area (Å²) in [6.45, 7) is 5.26. The van der Waals surface area contributed by atoms with Crippen molar-refractivity contribution >= 4 is 11.3 Å². The van der Waals surface area contributed by atoms with E-state index in [9.17, 15) is 0 Å². The van der Waals surface area contributed by atoms with Gasteiger partial charge in [0.1, 0.15) is 5.82 Å². The summed E-state index contributed by atoms with van der Waals surface area (Å²) in [5.41, 5.74) is 2.67. The summed E-state index contributed by atoms with van der Waals surface area (Å²) in [7, 11) is 0. The molecule has 2 aliphatic rings. The van der Waals surface area contributed by atoms with Gasteiger partial charge in [0.25, 0.3) is 0 Å². The first-order chi connectivity index (χ1) is 9.70. The van der Waals surface area contributed by atoms with E-state index < -0.39 is 0 Å². The summed E-state index contributed by atoms with van der Waals surface area (Å²) in [4.78, 5) is 14.6. The molecule has 20 heavy (non-hydrogen) atoms. The molecule has 2 aliphatic heterocycles. The van der Waals surface area contributed by atoms with E-state index in [1.807, 2.05) is 18.3 Å². The molecule has 3 nitrogen and oxygen atoms in total. The van der Waals surface area contributed by atoms with Gasteiger partial charge in [-0.25, -0.2) is 9.97 Å². The maximum absolute atomic E-state index is 4.66. The van der Waals surface area contributed by atoms with Crippen molar-refractivity contribution in [3.8, 4) is 0 Å². The molecule has 2 aromatic rings. The monoisotopic (exact) mass is 285 g/mol. The van der Waals surface area contributed by atoms with Crippen molar-refractivity contribution in [2.75, 3.05) is 0 Å². The fourth-order valence-electron chi connectivity index (χ4n) is 3.67. The Morgan fingerprint density at radius 3 is 3.00 bits per heavy atom. The highest BCUT2D eigenvalue weighted by Gasteiger charge is 2.40. The SMILES string of the molecule is Cc1ncc2c(n1)CC1CCC2N1Cc1ccc(C)s1. The number of aryl methyl sites for hydroxylation is 2. The lowest BCUT2D eigenvalue weighted by Gasteiger charge is -2.35. The van der Waals surface area contributed by atoms with E-state index >= 15 is 0 Å². The van der Waals surface area contributed by atoms with Crippen LogP contribution in [0.4, 0.5) is 0 Å². The molecule has 0 saturated carbocycles. The summed E-state index contributed by atoms with van der Waals surface area (Å²) in [5.74, 6) is 0.908. The van der Waals surface area contributed by atoms with E-state index in [2.05, 4.69) is 40.1 Å². The standard InChI is InChI=1S/C16H19N3S/c1-10-3-5-13(20-10)9-19-12-4-6-16(19)14-8-17-11(2)18-15(14)7-12/h3,5,8,12,16H,4,6-7,9H2,1-2H3. The van der Waals surface area contributed by atoms with Crippen molar-refractivity contribution in [3.63, 3.8) is 0 Å². The van der Waals surface area contributed by atoms with Gasteiger partial charge < -0.3 is 0 Å². The first-order valence-corrected chi connectivity index (χ1v) is 8.16. The zero-order chi connectivity index (χ0) is 13.7. The highest BCUT2D eigenvalue weighted by molar-refractivity contribution is 7.11. The number of aromatic nitrogens is 2. The Morgan fingerprint density at radius 2 is 2.20 bits per heavy atom. The summed E-state index contributed by atoms with van der Waals surface area (Å²) < 4.78 is 0. The van der Waals surface area contributed by atoms with Crippen LogP contribution in [0.2, 0.25) is 0 Å². The predicted octanol–water partition coefficient (Wildman–Crippen LogP) is 3.42. The van der Waals surface area contributed by atoms with Crippen LogP contribution < -0.4 is 0 Å². The second-order valence-corrected chi connectivity index (χ2v) is 7.33. The molecule has 4 rings (SSSR count). The Labute approximate surface area is 123 Å². The third kappa shape index (κ3) is 1.98. The molecule has 0 aliphatic carbocycles. The van der Waals surface area contributed by atoms with Crippen LogP contribution in [0.25, 0.3) is 0 Å². The molecule has 2 unspecified atom stereocenters. The van der Waals surface area contributed by atoms with E-state index in [1.165, 1.54) is 33.9 Å². The minimum absolute atomic E-state index is 0.534. The van der Waals surface area contributed by atoms with Gasteiger partial charge in [-0.2, -0.15) is 0 Å². The van der Waals surface area contributed by atoms with Crippen LogP contribution >= 0.6 is 11.3 Å². The Balaban J connectivity index is 1.65. The number of nitrogens with zero attached hydrogens (tertiary/aromatic N) is 3. The van der Waals surface area contributed by atoms with Crippen molar-refractivity contribution in [1.82, 2.24) is 14.9 Å². The van der Waals surface area contributed by atoms with Crippen molar-refractivity contribution < 1.29 is 0 Å². The van der Waals surface area contributed by atoms with Gasteiger partial charge in [-0.05, 0) is 38.8 Å². The van der Waals surface area contributed by atoms with Crippen molar-refractivity contribution in [3.05, 3.63) is 45.2 Å². The van der Waals surface area contributed by atoms with Gasteiger partial charge in [-0.3, -0.25) is 4.90 Å². The first kappa shape index (κ1) is 12.5. The average Bonchev–Trinajstić information content (AvgIpc) is 2.94. The maximum atomic E-state index is 4.66. The zero-order valence-corrected chi connectivity index (χ0v) is 12.8. The second-order valence-electron chi connectivity index (χ2n) is 5.96. The van der Waals surface area contributed by atoms with E-state index in [1.54, 1.807) is 0 Å². The number of hydrogen-bond acceptors (Lipinski definition) is 4. The predicted molar refractivity (Wildman–Crippen MR) is 80.8 cm³/mol. The third-order valence-electron chi connectivity index (χ3n) is 4.59. The van der Waals surface area contributed by atoms with Crippen LogP contribution in [-0.4, -0.2) is 20.9 Å². The Kier molecular flexibility index (Phi) is 2.89. The normalized spacial score (nSPS) is 24.9. The van der Waals surface area contributed by atoms with E-state index in [4.69, 9.17) is 0 Å². The van der Waals surface area contributed by atoms with Crippen LogP contribution in [0.5, 0.6) is 0 Å². The minimum atomic E-state index is 0.534. The Morgan fingerprint density at radius 1 is 1.30 bits per heavy atom. The molecule has 4 heterocycles. The largest absolute Gasteiger partial charge is 0.288 e. The Hall–Kier alpha value is -1.26. The molecular formula is C16H19N3S. The number of rotatable bonds is 2. The minimum Gasteiger partial charge on any atom is -0.288 e. The maximum Gasteiger partial charge on any atom is 0.125 e. The zero-order valence-electron chi connectivity index (χ0n) is 12.0. The molecule has 1 fully saturated rings. The third-order valence-corrected chi connectivity index (χ3v) is 5.57. The van der Waals surface area contributed by atoms with Crippen LogP contribution in [0.15, 0.2) is 18.3 Å². The molecule has 2 aromatic heterocycles. The van der Waals surface area contributed by atoms with Gasteiger partial charge in [0.2, 0.25) is 0 Å². The molecule has 1 saturated heterocycles. The summed E-state index contributed by atoms with van der Waals surface area (Å²) in [5, 5.41) is 0. The fourth-order valence-corrected chi connectivity index (χ4v) is 4.57. The van der Waals surface area contributed by atoms with Gasteiger partial charge >= 0.3 is 0 Å². The van der Waals surface area contributed by atoms with Crippen molar-refractivity contribution in [2.45, 2.75) is 51.7 Å². The lowest BCUT2D eigenvalue weighted by molar-refractivity contribution is 0.167. The second kappa shape index (κ2) is 4.64. The van der Waals surface area contributed by atoms with Gasteiger partial charge in [0, 0.05) is 46.6 Å². The highest BCUT2D eigenvalue weighted by Crippen LogP contribution is 2.43. The quantitative estimate of drug-likeness (QED) is 0.846. The molecule has 0 spiro atoms. The van der Waals surface area contributed by atoms with E-state index in [0.29, 0.717) is 12.1 Å². The molecule has 104 valence electrons. The molecule has 0 amide bonds. The summed E-state index contributed by atoms with van der Waals surface area (Å²) in [6, 6.07) is 5.71. The van der Waals surface area contributed by atoms with E-state index in [0.717, 1.165) is 18.8 Å². The van der Waals surface area contributed by atoms with Crippen LogP contribution in [-0.2, 0) is 13.0 Å².